The van der Waals surface area contributed by atoms with Gasteiger partial charge in [-0.1, -0.05) is 6.92 Å². The summed E-state index contributed by atoms with van der Waals surface area (Å²) in [5.41, 5.74) is 5.76. The molecule has 76 valence electrons. The molecule has 2 unspecified atom stereocenters. The maximum atomic E-state index is 11.1. The quantitative estimate of drug-likeness (QED) is 0.590. The van der Waals surface area contributed by atoms with Crippen molar-refractivity contribution in [3.8, 4) is 0 Å². The average molecular weight is 186 g/mol. The Hall–Kier alpha value is -0.610. The first-order valence-corrected chi connectivity index (χ1v) is 4.65. The number of hydrogen-bond acceptors (Lipinski definition) is 4. The standard InChI is InChI=1S/C9H18N2O2/c1-7-6-11-4-3-9(7,10)5-8(12)13-2/h7,11H,3-6,10H2,1-2H3. The van der Waals surface area contributed by atoms with Gasteiger partial charge in [0.1, 0.15) is 0 Å². The van der Waals surface area contributed by atoms with Crippen LogP contribution in [-0.4, -0.2) is 31.7 Å². The lowest BCUT2D eigenvalue weighted by Crippen LogP contribution is -2.56. The van der Waals surface area contributed by atoms with Crippen molar-refractivity contribution in [2.45, 2.75) is 25.3 Å². The fourth-order valence-electron chi connectivity index (χ4n) is 1.69. The van der Waals surface area contributed by atoms with E-state index < -0.39 is 0 Å². The molecule has 0 amide bonds. The van der Waals surface area contributed by atoms with Crippen LogP contribution < -0.4 is 11.1 Å². The van der Waals surface area contributed by atoms with Gasteiger partial charge in [-0.15, -0.1) is 0 Å². The summed E-state index contributed by atoms with van der Waals surface area (Å²) in [5.74, 6) is 0.108. The minimum Gasteiger partial charge on any atom is -0.469 e. The highest BCUT2D eigenvalue weighted by Crippen LogP contribution is 2.25. The topological polar surface area (TPSA) is 64.3 Å². The van der Waals surface area contributed by atoms with Crippen LogP contribution in [0.5, 0.6) is 0 Å². The van der Waals surface area contributed by atoms with Crippen molar-refractivity contribution >= 4 is 5.97 Å². The third-order valence-corrected chi connectivity index (χ3v) is 2.90. The van der Waals surface area contributed by atoms with E-state index in [1.165, 1.54) is 7.11 Å². The van der Waals surface area contributed by atoms with Crippen LogP contribution in [0.25, 0.3) is 0 Å². The number of nitrogens with two attached hydrogens (primary N) is 1. The van der Waals surface area contributed by atoms with E-state index in [0.717, 1.165) is 19.5 Å². The molecule has 1 heterocycles. The largest absolute Gasteiger partial charge is 0.469 e. The summed E-state index contributed by atoms with van der Waals surface area (Å²) in [7, 11) is 1.40. The molecule has 13 heavy (non-hydrogen) atoms. The van der Waals surface area contributed by atoms with Gasteiger partial charge in [0.2, 0.25) is 0 Å². The van der Waals surface area contributed by atoms with E-state index in [2.05, 4.69) is 17.0 Å². The van der Waals surface area contributed by atoms with Crippen LogP contribution >= 0.6 is 0 Å². The second-order valence-electron chi connectivity index (χ2n) is 3.84. The minimum atomic E-state index is -0.377. The molecule has 1 aliphatic heterocycles. The summed E-state index contributed by atoms with van der Waals surface area (Å²) in [6, 6.07) is 0. The second-order valence-corrected chi connectivity index (χ2v) is 3.84. The van der Waals surface area contributed by atoms with Crippen molar-refractivity contribution < 1.29 is 9.53 Å². The Morgan fingerprint density at radius 2 is 2.46 bits per heavy atom. The summed E-state index contributed by atoms with van der Waals surface area (Å²) in [6.45, 7) is 3.83. The molecule has 0 aromatic rings. The highest BCUT2D eigenvalue weighted by atomic mass is 16.5. The first-order chi connectivity index (χ1) is 6.08. The third kappa shape index (κ3) is 2.42. The number of carbonyl (C=O) groups is 1. The molecular formula is C9H18N2O2. The van der Waals surface area contributed by atoms with Crippen molar-refractivity contribution in [3.05, 3.63) is 0 Å². The normalized spacial score (nSPS) is 34.2. The highest BCUT2D eigenvalue weighted by Gasteiger charge is 2.36. The Balaban J connectivity index is 2.56. The molecular weight excluding hydrogens is 168 g/mol. The molecule has 0 aromatic carbocycles. The molecule has 1 rings (SSSR count). The molecule has 0 radical (unpaired) electrons. The molecule has 0 aliphatic carbocycles. The Bertz CT molecular complexity index is 196. The van der Waals surface area contributed by atoms with Gasteiger partial charge in [0.05, 0.1) is 13.5 Å². The number of ether oxygens (including phenoxy) is 1. The highest BCUT2D eigenvalue weighted by molar-refractivity contribution is 5.70. The zero-order valence-electron chi connectivity index (χ0n) is 8.30. The smallest absolute Gasteiger partial charge is 0.307 e. The number of hydrogen-bond donors (Lipinski definition) is 2. The fraction of sp³-hybridized carbons (Fsp3) is 0.889. The van der Waals surface area contributed by atoms with Gasteiger partial charge in [0.15, 0.2) is 0 Å². The number of rotatable bonds is 2. The van der Waals surface area contributed by atoms with Crippen LogP contribution in [0.4, 0.5) is 0 Å². The second kappa shape index (κ2) is 4.07. The summed E-state index contributed by atoms with van der Waals surface area (Å²) >= 11 is 0. The van der Waals surface area contributed by atoms with Crippen LogP contribution in [0.2, 0.25) is 0 Å². The molecule has 1 fully saturated rings. The van der Waals surface area contributed by atoms with Crippen molar-refractivity contribution in [1.29, 1.82) is 0 Å². The summed E-state index contributed by atoms with van der Waals surface area (Å²) < 4.78 is 4.63. The summed E-state index contributed by atoms with van der Waals surface area (Å²) in [4.78, 5) is 11.1. The van der Waals surface area contributed by atoms with Crippen molar-refractivity contribution in [2.75, 3.05) is 20.2 Å². The number of methoxy groups -OCH3 is 1. The van der Waals surface area contributed by atoms with Gasteiger partial charge in [0.25, 0.3) is 0 Å². The fourth-order valence-corrected chi connectivity index (χ4v) is 1.69. The maximum absolute atomic E-state index is 11.1. The average Bonchev–Trinajstić information content (AvgIpc) is 2.10. The van der Waals surface area contributed by atoms with E-state index in [1.807, 2.05) is 0 Å². The Morgan fingerprint density at radius 3 is 3.00 bits per heavy atom. The van der Waals surface area contributed by atoms with E-state index in [0.29, 0.717) is 12.3 Å². The third-order valence-electron chi connectivity index (χ3n) is 2.90. The van der Waals surface area contributed by atoms with Crippen LogP contribution in [0.3, 0.4) is 0 Å². The van der Waals surface area contributed by atoms with E-state index in [1.54, 1.807) is 0 Å². The van der Waals surface area contributed by atoms with Crippen LogP contribution in [0.15, 0.2) is 0 Å². The summed E-state index contributed by atoms with van der Waals surface area (Å²) in [5, 5.41) is 3.25. The molecule has 4 heteroatoms. The molecule has 2 atom stereocenters. The first-order valence-electron chi connectivity index (χ1n) is 4.65. The molecule has 1 saturated heterocycles. The van der Waals surface area contributed by atoms with Gasteiger partial charge < -0.3 is 15.8 Å². The number of nitrogens with one attached hydrogen (secondary N) is 1. The van der Waals surface area contributed by atoms with Gasteiger partial charge in [-0.05, 0) is 25.4 Å². The Labute approximate surface area is 78.8 Å². The lowest BCUT2D eigenvalue weighted by Gasteiger charge is -2.39. The molecule has 3 N–H and O–H groups in total. The summed E-state index contributed by atoms with van der Waals surface area (Å²) in [6.07, 6.45) is 1.16. The molecule has 0 saturated carbocycles. The van der Waals surface area contributed by atoms with E-state index in [-0.39, 0.29) is 11.5 Å². The Kier molecular flexibility index (Phi) is 3.27. The predicted octanol–water partition coefficient (Wildman–Crippen LogP) is -0.124. The molecule has 1 aliphatic rings. The van der Waals surface area contributed by atoms with E-state index >= 15 is 0 Å². The molecule has 0 bridgehead atoms. The number of esters is 1. The van der Waals surface area contributed by atoms with Gasteiger partial charge in [-0.25, -0.2) is 0 Å². The van der Waals surface area contributed by atoms with Crippen LogP contribution in [-0.2, 0) is 9.53 Å². The van der Waals surface area contributed by atoms with Crippen LogP contribution in [0.1, 0.15) is 19.8 Å². The van der Waals surface area contributed by atoms with Gasteiger partial charge in [-0.3, -0.25) is 4.79 Å². The number of piperidine rings is 1. The SMILES string of the molecule is COC(=O)CC1(N)CCNCC1C. The van der Waals surface area contributed by atoms with Gasteiger partial charge in [0, 0.05) is 5.54 Å². The molecule has 4 nitrogen and oxygen atoms in total. The lowest BCUT2D eigenvalue weighted by atomic mass is 9.78. The predicted molar refractivity (Wildman–Crippen MR) is 50.2 cm³/mol. The van der Waals surface area contributed by atoms with Gasteiger partial charge in [-0.2, -0.15) is 0 Å². The monoisotopic (exact) mass is 186 g/mol. The maximum Gasteiger partial charge on any atom is 0.307 e. The van der Waals surface area contributed by atoms with Crippen molar-refractivity contribution in [1.82, 2.24) is 5.32 Å². The zero-order valence-corrected chi connectivity index (χ0v) is 8.30. The van der Waals surface area contributed by atoms with Crippen molar-refractivity contribution in [2.24, 2.45) is 11.7 Å². The van der Waals surface area contributed by atoms with Crippen LogP contribution in [0, 0.1) is 5.92 Å². The first kappa shape index (κ1) is 10.5. The molecule has 0 aromatic heterocycles. The van der Waals surface area contributed by atoms with Crippen molar-refractivity contribution in [3.63, 3.8) is 0 Å². The Morgan fingerprint density at radius 1 is 1.77 bits per heavy atom. The minimum absolute atomic E-state index is 0.212. The number of carbonyl (C=O) groups excluding carboxylic acids is 1. The lowest BCUT2D eigenvalue weighted by molar-refractivity contribution is -0.142. The van der Waals surface area contributed by atoms with E-state index in [9.17, 15) is 4.79 Å². The van der Waals surface area contributed by atoms with E-state index in [4.69, 9.17) is 5.73 Å². The zero-order chi connectivity index (χ0) is 9.90. The van der Waals surface area contributed by atoms with Gasteiger partial charge >= 0.3 is 5.97 Å². The molecule has 0 spiro atoms.